The fraction of sp³-hybridized carbons (Fsp3) is 0.647. The number of ether oxygens (including phenoxy) is 3. The van der Waals surface area contributed by atoms with Gasteiger partial charge in [-0.25, -0.2) is 0 Å². The zero-order chi connectivity index (χ0) is 15.5. The van der Waals surface area contributed by atoms with E-state index < -0.39 is 0 Å². The van der Waals surface area contributed by atoms with Crippen LogP contribution in [0, 0.1) is 0 Å². The van der Waals surface area contributed by atoms with Crippen molar-refractivity contribution in [3.05, 3.63) is 29.8 Å². The van der Waals surface area contributed by atoms with E-state index in [4.69, 9.17) is 14.2 Å². The van der Waals surface area contributed by atoms with Gasteiger partial charge < -0.3 is 19.5 Å². The molecular weight excluding hydrogens is 266 g/mol. The standard InChI is InChI=1S/C17H29NO3/c1-14(2)18-13-16-6-5-7-17(12-16)21-11-9-19-8-10-20-15(3)4/h5-7,12,14-15,18H,8-11,13H2,1-4H3. The molecule has 1 aromatic rings. The molecule has 1 N–H and O–H groups in total. The molecule has 0 fully saturated rings. The van der Waals surface area contributed by atoms with E-state index in [2.05, 4.69) is 31.3 Å². The number of hydrogen-bond donors (Lipinski definition) is 1. The molecule has 0 amide bonds. The summed E-state index contributed by atoms with van der Waals surface area (Å²) >= 11 is 0. The van der Waals surface area contributed by atoms with Gasteiger partial charge in [-0.2, -0.15) is 0 Å². The van der Waals surface area contributed by atoms with Crippen molar-refractivity contribution in [2.75, 3.05) is 26.4 Å². The van der Waals surface area contributed by atoms with Crippen molar-refractivity contribution in [3.63, 3.8) is 0 Å². The second-order valence-corrected chi connectivity index (χ2v) is 5.56. The van der Waals surface area contributed by atoms with Gasteiger partial charge in [0, 0.05) is 12.6 Å². The van der Waals surface area contributed by atoms with Crippen LogP contribution in [0.5, 0.6) is 5.75 Å². The Bertz CT molecular complexity index is 380. The van der Waals surface area contributed by atoms with E-state index in [9.17, 15) is 0 Å². The molecule has 0 saturated carbocycles. The van der Waals surface area contributed by atoms with Crippen LogP contribution in [-0.2, 0) is 16.0 Å². The molecule has 4 nitrogen and oxygen atoms in total. The first-order chi connectivity index (χ1) is 10.1. The van der Waals surface area contributed by atoms with Crippen LogP contribution >= 0.6 is 0 Å². The van der Waals surface area contributed by atoms with E-state index in [1.807, 2.05) is 26.0 Å². The van der Waals surface area contributed by atoms with Gasteiger partial charge in [0.15, 0.2) is 0 Å². The highest BCUT2D eigenvalue weighted by atomic mass is 16.5. The van der Waals surface area contributed by atoms with Crippen LogP contribution in [0.4, 0.5) is 0 Å². The summed E-state index contributed by atoms with van der Waals surface area (Å²) in [5.74, 6) is 0.889. The van der Waals surface area contributed by atoms with Gasteiger partial charge in [0.25, 0.3) is 0 Å². The van der Waals surface area contributed by atoms with Gasteiger partial charge in [-0.15, -0.1) is 0 Å². The predicted molar refractivity (Wildman–Crippen MR) is 85.8 cm³/mol. The second kappa shape index (κ2) is 10.6. The molecule has 0 aliphatic heterocycles. The van der Waals surface area contributed by atoms with E-state index >= 15 is 0 Å². The topological polar surface area (TPSA) is 39.7 Å². The van der Waals surface area contributed by atoms with E-state index in [1.54, 1.807) is 0 Å². The Morgan fingerprint density at radius 2 is 1.76 bits per heavy atom. The highest BCUT2D eigenvalue weighted by Crippen LogP contribution is 2.13. The normalized spacial score (nSPS) is 11.3. The van der Waals surface area contributed by atoms with Crippen LogP contribution in [0.1, 0.15) is 33.3 Å². The van der Waals surface area contributed by atoms with Gasteiger partial charge in [0.1, 0.15) is 12.4 Å². The Kier molecular flexibility index (Phi) is 9.06. The van der Waals surface area contributed by atoms with Crippen LogP contribution in [-0.4, -0.2) is 38.6 Å². The summed E-state index contributed by atoms with van der Waals surface area (Å²) in [5, 5.41) is 3.39. The Hall–Kier alpha value is -1.10. The molecule has 0 heterocycles. The van der Waals surface area contributed by atoms with Crippen molar-refractivity contribution in [1.29, 1.82) is 0 Å². The van der Waals surface area contributed by atoms with Crippen LogP contribution in [0.25, 0.3) is 0 Å². The lowest BCUT2D eigenvalue weighted by Gasteiger charge is -2.11. The van der Waals surface area contributed by atoms with Crippen molar-refractivity contribution in [2.24, 2.45) is 0 Å². The van der Waals surface area contributed by atoms with E-state index in [1.165, 1.54) is 5.56 Å². The van der Waals surface area contributed by atoms with E-state index in [-0.39, 0.29) is 6.10 Å². The molecule has 1 aromatic carbocycles. The smallest absolute Gasteiger partial charge is 0.119 e. The Morgan fingerprint density at radius 1 is 1.00 bits per heavy atom. The molecule has 4 heteroatoms. The minimum absolute atomic E-state index is 0.257. The number of rotatable bonds is 11. The largest absolute Gasteiger partial charge is 0.491 e. The highest BCUT2D eigenvalue weighted by Gasteiger charge is 1.99. The number of hydrogen-bond acceptors (Lipinski definition) is 4. The second-order valence-electron chi connectivity index (χ2n) is 5.56. The Labute approximate surface area is 128 Å². The summed E-state index contributed by atoms with van der Waals surface area (Å²) in [5.41, 5.74) is 1.23. The third-order valence-electron chi connectivity index (χ3n) is 2.79. The van der Waals surface area contributed by atoms with Gasteiger partial charge in [-0.3, -0.25) is 0 Å². The molecule has 0 radical (unpaired) electrons. The van der Waals surface area contributed by atoms with E-state index in [0.717, 1.165) is 12.3 Å². The lowest BCUT2D eigenvalue weighted by molar-refractivity contribution is 0.0124. The first-order valence-corrected chi connectivity index (χ1v) is 7.72. The third-order valence-corrected chi connectivity index (χ3v) is 2.79. The summed E-state index contributed by atoms with van der Waals surface area (Å²) in [4.78, 5) is 0. The van der Waals surface area contributed by atoms with Crippen molar-refractivity contribution in [1.82, 2.24) is 5.32 Å². The van der Waals surface area contributed by atoms with Crippen molar-refractivity contribution < 1.29 is 14.2 Å². The Morgan fingerprint density at radius 3 is 2.48 bits per heavy atom. The monoisotopic (exact) mass is 295 g/mol. The van der Waals surface area contributed by atoms with Crippen LogP contribution in [0.15, 0.2) is 24.3 Å². The summed E-state index contributed by atoms with van der Waals surface area (Å²) in [6.07, 6.45) is 0.257. The molecule has 0 aromatic heterocycles. The molecule has 120 valence electrons. The maximum atomic E-state index is 5.69. The van der Waals surface area contributed by atoms with Gasteiger partial charge in [-0.1, -0.05) is 26.0 Å². The third kappa shape index (κ3) is 9.45. The molecule has 0 aliphatic rings. The molecular formula is C17H29NO3. The van der Waals surface area contributed by atoms with Gasteiger partial charge >= 0.3 is 0 Å². The summed E-state index contributed by atoms with van der Waals surface area (Å²) < 4.78 is 16.5. The SMILES string of the molecule is CC(C)NCc1cccc(OCCOCCOC(C)C)c1. The maximum absolute atomic E-state index is 5.69. The first-order valence-electron chi connectivity index (χ1n) is 7.72. The molecule has 1 rings (SSSR count). The summed E-state index contributed by atoms with van der Waals surface area (Å²) in [6.45, 7) is 11.6. The lowest BCUT2D eigenvalue weighted by atomic mass is 10.2. The number of benzene rings is 1. The maximum Gasteiger partial charge on any atom is 0.119 e. The van der Waals surface area contributed by atoms with Gasteiger partial charge in [-0.05, 0) is 31.5 Å². The first kappa shape index (κ1) is 18.0. The van der Waals surface area contributed by atoms with E-state index in [0.29, 0.717) is 32.5 Å². The van der Waals surface area contributed by atoms with Crippen molar-refractivity contribution in [2.45, 2.75) is 46.4 Å². The lowest BCUT2D eigenvalue weighted by Crippen LogP contribution is -2.21. The molecule has 0 atom stereocenters. The zero-order valence-corrected chi connectivity index (χ0v) is 13.7. The van der Waals surface area contributed by atoms with Gasteiger partial charge in [0.2, 0.25) is 0 Å². The molecule has 0 saturated heterocycles. The fourth-order valence-electron chi connectivity index (χ4n) is 1.73. The van der Waals surface area contributed by atoms with Crippen molar-refractivity contribution in [3.8, 4) is 5.75 Å². The van der Waals surface area contributed by atoms with Crippen molar-refractivity contribution >= 4 is 0 Å². The highest BCUT2D eigenvalue weighted by molar-refractivity contribution is 5.28. The van der Waals surface area contributed by atoms with Gasteiger partial charge in [0.05, 0.1) is 25.9 Å². The average Bonchev–Trinajstić information content (AvgIpc) is 2.44. The summed E-state index contributed by atoms with van der Waals surface area (Å²) in [7, 11) is 0. The molecule has 0 unspecified atom stereocenters. The molecule has 21 heavy (non-hydrogen) atoms. The molecule has 0 bridgehead atoms. The summed E-state index contributed by atoms with van der Waals surface area (Å²) in [6, 6.07) is 8.64. The quantitative estimate of drug-likeness (QED) is 0.637. The van der Waals surface area contributed by atoms with Crippen LogP contribution in [0.2, 0.25) is 0 Å². The fourth-order valence-corrected chi connectivity index (χ4v) is 1.73. The molecule has 0 spiro atoms. The minimum atomic E-state index is 0.257. The van der Waals surface area contributed by atoms with Crippen LogP contribution in [0.3, 0.4) is 0 Å². The Balaban J connectivity index is 2.15. The minimum Gasteiger partial charge on any atom is -0.491 e. The predicted octanol–water partition coefficient (Wildman–Crippen LogP) is 3.01. The average molecular weight is 295 g/mol. The van der Waals surface area contributed by atoms with Crippen LogP contribution < -0.4 is 10.1 Å². The number of nitrogens with one attached hydrogen (secondary N) is 1. The zero-order valence-electron chi connectivity index (χ0n) is 13.7. The molecule has 0 aliphatic carbocycles.